The smallest absolute Gasteiger partial charge is 0.267 e. The lowest BCUT2D eigenvalue weighted by atomic mass is 10.2. The molecule has 0 aliphatic rings. The summed E-state index contributed by atoms with van der Waals surface area (Å²) in [5, 5.41) is 6.34. The zero-order valence-electron chi connectivity index (χ0n) is 16.0. The number of benzene rings is 1. The Morgan fingerprint density at radius 2 is 1.93 bits per heavy atom. The molecule has 0 saturated carbocycles. The molecule has 0 bridgehead atoms. The fourth-order valence-electron chi connectivity index (χ4n) is 3.13. The third-order valence-corrected chi connectivity index (χ3v) is 7.47. The van der Waals surface area contributed by atoms with Crippen LogP contribution >= 0.6 is 34.4 Å². The monoisotopic (exact) mass is 448 g/mol. The van der Waals surface area contributed by atoms with Gasteiger partial charge in [-0.1, -0.05) is 36.0 Å². The van der Waals surface area contributed by atoms with Gasteiger partial charge in [0.25, 0.3) is 5.56 Å². The highest BCUT2D eigenvalue weighted by Gasteiger charge is 2.16. The first-order valence-corrected chi connectivity index (χ1v) is 12.0. The molecule has 5 nitrogen and oxygen atoms in total. The maximum Gasteiger partial charge on any atom is 0.267 e. The maximum absolute atomic E-state index is 13.3. The minimum Gasteiger partial charge on any atom is -0.268 e. The van der Waals surface area contributed by atoms with Crippen molar-refractivity contribution in [3.63, 3.8) is 0 Å². The lowest BCUT2D eigenvalue weighted by molar-refractivity contribution is 0.789. The molecule has 5 rings (SSSR count). The van der Waals surface area contributed by atoms with Crippen LogP contribution in [0.5, 0.6) is 0 Å². The highest BCUT2D eigenvalue weighted by atomic mass is 32.2. The second-order valence-electron chi connectivity index (χ2n) is 6.61. The minimum absolute atomic E-state index is 0.109. The third-order valence-electron chi connectivity index (χ3n) is 4.57. The number of pyridine rings is 1. The van der Waals surface area contributed by atoms with Gasteiger partial charge in [0.05, 0.1) is 21.5 Å². The summed E-state index contributed by atoms with van der Waals surface area (Å²) in [5.41, 5.74) is 2.47. The Bertz CT molecular complexity index is 1390. The van der Waals surface area contributed by atoms with Gasteiger partial charge < -0.3 is 0 Å². The van der Waals surface area contributed by atoms with Crippen molar-refractivity contribution in [2.24, 2.45) is 0 Å². The zero-order chi connectivity index (χ0) is 20.5. The summed E-state index contributed by atoms with van der Waals surface area (Å²) in [6.45, 7) is 1.95. The Morgan fingerprint density at radius 1 is 1.03 bits per heavy atom. The normalized spacial score (nSPS) is 11.2. The van der Waals surface area contributed by atoms with Crippen LogP contribution in [0.4, 0.5) is 0 Å². The predicted molar refractivity (Wildman–Crippen MR) is 125 cm³/mol. The van der Waals surface area contributed by atoms with E-state index in [1.54, 1.807) is 33.4 Å². The molecule has 0 N–H and O–H groups in total. The Kier molecular flexibility index (Phi) is 5.20. The SMILES string of the molecule is Cc1cccnc1-n1c(SCc2csc(-c3cccs3)n2)nc2ccccc2c1=O. The van der Waals surface area contributed by atoms with E-state index in [1.165, 1.54) is 16.6 Å². The van der Waals surface area contributed by atoms with E-state index in [2.05, 4.69) is 21.8 Å². The second kappa shape index (κ2) is 8.14. The van der Waals surface area contributed by atoms with E-state index in [0.717, 1.165) is 16.3 Å². The molecule has 0 saturated heterocycles. The van der Waals surface area contributed by atoms with Gasteiger partial charge in [0.15, 0.2) is 5.16 Å². The van der Waals surface area contributed by atoms with Gasteiger partial charge in [-0.15, -0.1) is 22.7 Å². The van der Waals surface area contributed by atoms with Crippen LogP contribution < -0.4 is 5.56 Å². The van der Waals surface area contributed by atoms with Crippen LogP contribution in [-0.4, -0.2) is 19.5 Å². The fourth-order valence-corrected chi connectivity index (χ4v) is 5.76. The number of aromatic nitrogens is 4. The molecule has 1 aromatic carbocycles. The van der Waals surface area contributed by atoms with Crippen molar-refractivity contribution in [2.75, 3.05) is 0 Å². The number of thiazole rings is 1. The van der Waals surface area contributed by atoms with Gasteiger partial charge in [0, 0.05) is 17.3 Å². The van der Waals surface area contributed by atoms with Crippen molar-refractivity contribution in [3.8, 4) is 15.7 Å². The van der Waals surface area contributed by atoms with E-state index in [9.17, 15) is 4.79 Å². The lowest BCUT2D eigenvalue weighted by Crippen LogP contribution is -2.23. The number of hydrogen-bond acceptors (Lipinski definition) is 7. The Morgan fingerprint density at radius 3 is 2.77 bits per heavy atom. The van der Waals surface area contributed by atoms with Gasteiger partial charge in [0.2, 0.25) is 0 Å². The van der Waals surface area contributed by atoms with Crippen molar-refractivity contribution in [1.82, 2.24) is 19.5 Å². The van der Waals surface area contributed by atoms with Crippen molar-refractivity contribution in [3.05, 3.63) is 87.1 Å². The quantitative estimate of drug-likeness (QED) is 0.260. The molecule has 0 radical (unpaired) electrons. The van der Waals surface area contributed by atoms with Crippen LogP contribution in [0.15, 0.2) is 75.4 Å². The molecule has 4 aromatic heterocycles. The Hall–Kier alpha value is -2.81. The summed E-state index contributed by atoms with van der Waals surface area (Å²) in [5.74, 6) is 1.24. The molecule has 0 fully saturated rings. The van der Waals surface area contributed by atoms with E-state index in [0.29, 0.717) is 27.6 Å². The van der Waals surface area contributed by atoms with Crippen LogP contribution in [0.25, 0.3) is 26.6 Å². The zero-order valence-corrected chi connectivity index (χ0v) is 18.4. The van der Waals surface area contributed by atoms with E-state index >= 15 is 0 Å². The van der Waals surface area contributed by atoms with E-state index in [-0.39, 0.29) is 5.56 Å². The van der Waals surface area contributed by atoms with Crippen LogP contribution in [0.3, 0.4) is 0 Å². The first kappa shape index (κ1) is 19.2. The first-order valence-electron chi connectivity index (χ1n) is 9.25. The van der Waals surface area contributed by atoms with E-state index < -0.39 is 0 Å². The summed E-state index contributed by atoms with van der Waals surface area (Å²) in [4.78, 5) is 28.5. The number of aryl methyl sites for hydroxylation is 1. The highest BCUT2D eigenvalue weighted by Crippen LogP contribution is 2.30. The van der Waals surface area contributed by atoms with Crippen LogP contribution in [0.2, 0.25) is 0 Å². The summed E-state index contributed by atoms with van der Waals surface area (Å²) < 4.78 is 1.62. The van der Waals surface area contributed by atoms with Gasteiger partial charge in [-0.3, -0.25) is 4.79 Å². The number of para-hydroxylation sites is 1. The first-order chi connectivity index (χ1) is 14.7. The molecule has 0 aliphatic carbocycles. The molecule has 0 atom stereocenters. The topological polar surface area (TPSA) is 60.7 Å². The van der Waals surface area contributed by atoms with Crippen LogP contribution in [-0.2, 0) is 5.75 Å². The number of hydrogen-bond donors (Lipinski definition) is 0. The predicted octanol–water partition coefficient (Wildman–Crippen LogP) is 5.57. The van der Waals surface area contributed by atoms with Gasteiger partial charge in [-0.2, -0.15) is 0 Å². The molecule has 0 unspecified atom stereocenters. The van der Waals surface area contributed by atoms with Crippen molar-refractivity contribution in [2.45, 2.75) is 17.8 Å². The standard InChI is InChI=1S/C22H16N4OS3/c1-14-6-4-10-23-19(14)26-21(27)16-7-2-3-8-17(16)25-22(26)30-13-15-12-29-20(24-15)18-9-5-11-28-18/h2-12H,13H2,1H3. The second-order valence-corrected chi connectivity index (χ2v) is 9.35. The number of fused-ring (bicyclic) bond motifs is 1. The largest absolute Gasteiger partial charge is 0.268 e. The van der Waals surface area contributed by atoms with Gasteiger partial charge >= 0.3 is 0 Å². The number of rotatable bonds is 5. The summed E-state index contributed by atoms with van der Waals surface area (Å²) >= 11 is 4.82. The molecular formula is C22H16N4OS3. The third kappa shape index (κ3) is 3.58. The number of thiophene rings is 1. The molecule has 0 aliphatic heterocycles. The fraction of sp³-hybridized carbons (Fsp3) is 0.0909. The van der Waals surface area contributed by atoms with Crippen molar-refractivity contribution < 1.29 is 0 Å². The molecule has 5 aromatic rings. The molecule has 30 heavy (non-hydrogen) atoms. The van der Waals surface area contributed by atoms with Crippen molar-refractivity contribution in [1.29, 1.82) is 0 Å². The maximum atomic E-state index is 13.3. The van der Waals surface area contributed by atoms with Gasteiger partial charge in [-0.05, 0) is 42.1 Å². The molecule has 0 spiro atoms. The summed E-state index contributed by atoms with van der Waals surface area (Å²) in [6.07, 6.45) is 1.70. The van der Waals surface area contributed by atoms with Gasteiger partial charge in [0.1, 0.15) is 10.8 Å². The number of thioether (sulfide) groups is 1. The average Bonchev–Trinajstić information content (AvgIpc) is 3.45. The lowest BCUT2D eigenvalue weighted by Gasteiger charge is -2.13. The van der Waals surface area contributed by atoms with E-state index in [4.69, 9.17) is 9.97 Å². The van der Waals surface area contributed by atoms with Crippen LogP contribution in [0, 0.1) is 6.92 Å². The highest BCUT2D eigenvalue weighted by molar-refractivity contribution is 7.98. The van der Waals surface area contributed by atoms with E-state index in [1.807, 2.05) is 49.4 Å². The number of nitrogens with zero attached hydrogens (tertiary/aromatic N) is 4. The molecule has 0 amide bonds. The molecule has 4 heterocycles. The van der Waals surface area contributed by atoms with Crippen molar-refractivity contribution >= 4 is 45.3 Å². The Balaban J connectivity index is 1.56. The summed E-state index contributed by atoms with van der Waals surface area (Å²) in [7, 11) is 0. The molecular weight excluding hydrogens is 432 g/mol. The average molecular weight is 449 g/mol. The van der Waals surface area contributed by atoms with Gasteiger partial charge in [-0.25, -0.2) is 19.5 Å². The minimum atomic E-state index is -0.109. The molecule has 148 valence electrons. The summed E-state index contributed by atoms with van der Waals surface area (Å²) in [6, 6.07) is 15.4. The van der Waals surface area contributed by atoms with Crippen LogP contribution in [0.1, 0.15) is 11.3 Å². The Labute approximate surface area is 185 Å². The molecule has 8 heteroatoms.